The van der Waals surface area contributed by atoms with Crippen LogP contribution in [0.25, 0.3) is 0 Å². The van der Waals surface area contributed by atoms with Gasteiger partial charge in [0.25, 0.3) is 11.6 Å². The average Bonchev–Trinajstić information content (AvgIpc) is 3.02. The van der Waals surface area contributed by atoms with Gasteiger partial charge in [-0.05, 0) is 5.92 Å². The Morgan fingerprint density at radius 2 is 2.13 bits per heavy atom. The normalized spacial score (nSPS) is 10.8. The number of rotatable bonds is 5. The average molecular weight is 338 g/mol. The highest BCUT2D eigenvalue weighted by Gasteiger charge is 2.23. The molecule has 0 spiro atoms. The van der Waals surface area contributed by atoms with Crippen molar-refractivity contribution in [1.29, 1.82) is 0 Å². The minimum Gasteiger partial charge on any atom is -0.476 e. The first-order valence-corrected chi connectivity index (χ1v) is 7.38. The number of carboxylic acids is 1. The molecule has 0 aliphatic heterocycles. The molecule has 2 rings (SSSR count). The number of carbonyl (C=O) groups excluding carboxylic acids is 1. The number of carboxylic acid groups (broad SMARTS) is 1. The van der Waals surface area contributed by atoms with Crippen LogP contribution in [0.2, 0.25) is 0 Å². The summed E-state index contributed by atoms with van der Waals surface area (Å²) in [6.45, 7) is 3.65. The number of nitrogens with zero attached hydrogens (tertiary/aromatic N) is 3. The number of thiazole rings is 1. The molecule has 0 bridgehead atoms. The summed E-state index contributed by atoms with van der Waals surface area (Å²) in [6, 6.07) is 1.14. The summed E-state index contributed by atoms with van der Waals surface area (Å²) in [5.74, 6) is -1.82. The Bertz CT molecular complexity index is 792. The van der Waals surface area contributed by atoms with E-state index in [-0.39, 0.29) is 28.1 Å². The molecular weight excluding hydrogens is 324 g/mol. The van der Waals surface area contributed by atoms with E-state index in [1.165, 1.54) is 17.8 Å². The van der Waals surface area contributed by atoms with E-state index < -0.39 is 16.8 Å². The van der Waals surface area contributed by atoms with Crippen LogP contribution in [0.4, 0.5) is 10.8 Å². The maximum atomic E-state index is 12.2. The lowest BCUT2D eigenvalue weighted by atomic mass is 10.1. The first-order valence-electron chi connectivity index (χ1n) is 6.56. The Kier molecular flexibility index (Phi) is 4.45. The second-order valence-electron chi connectivity index (χ2n) is 5.10. The summed E-state index contributed by atoms with van der Waals surface area (Å²) >= 11 is 1.07. The second kappa shape index (κ2) is 6.16. The van der Waals surface area contributed by atoms with Gasteiger partial charge in [0.1, 0.15) is 5.69 Å². The number of aromatic carboxylic acids is 1. The predicted molar refractivity (Wildman–Crippen MR) is 83.2 cm³/mol. The van der Waals surface area contributed by atoms with Crippen LogP contribution < -0.4 is 5.32 Å². The van der Waals surface area contributed by atoms with Crippen LogP contribution in [0.1, 0.15) is 45.6 Å². The van der Waals surface area contributed by atoms with Crippen molar-refractivity contribution in [2.45, 2.75) is 19.8 Å². The molecule has 2 aromatic rings. The molecule has 0 radical (unpaired) electrons. The zero-order valence-electron chi connectivity index (χ0n) is 12.6. The Morgan fingerprint density at radius 1 is 1.48 bits per heavy atom. The van der Waals surface area contributed by atoms with Crippen molar-refractivity contribution in [3.8, 4) is 0 Å². The van der Waals surface area contributed by atoms with Gasteiger partial charge in [-0.1, -0.05) is 13.8 Å². The molecule has 1 amide bonds. The maximum absolute atomic E-state index is 12.2. The largest absolute Gasteiger partial charge is 0.476 e. The van der Waals surface area contributed by atoms with Gasteiger partial charge in [0.05, 0.1) is 11.1 Å². The Labute approximate surface area is 134 Å². The van der Waals surface area contributed by atoms with Crippen LogP contribution in [0.5, 0.6) is 0 Å². The number of carbonyl (C=O) groups is 2. The quantitative estimate of drug-likeness (QED) is 0.636. The molecule has 0 aromatic carbocycles. The molecule has 9 nitrogen and oxygen atoms in total. The van der Waals surface area contributed by atoms with E-state index in [1.807, 2.05) is 13.8 Å². The summed E-state index contributed by atoms with van der Waals surface area (Å²) in [6.07, 6.45) is 1.22. The van der Waals surface area contributed by atoms with Gasteiger partial charge in [0, 0.05) is 18.0 Å². The van der Waals surface area contributed by atoms with Crippen LogP contribution in [0.3, 0.4) is 0 Å². The number of hydrogen-bond donors (Lipinski definition) is 2. The topological polar surface area (TPSA) is 127 Å². The highest BCUT2D eigenvalue weighted by Crippen LogP contribution is 2.30. The Morgan fingerprint density at radius 3 is 2.57 bits per heavy atom. The van der Waals surface area contributed by atoms with E-state index >= 15 is 0 Å². The molecule has 2 aromatic heterocycles. The molecule has 23 heavy (non-hydrogen) atoms. The van der Waals surface area contributed by atoms with Crippen LogP contribution in [-0.2, 0) is 7.05 Å². The number of hydrogen-bond acceptors (Lipinski definition) is 6. The number of aromatic nitrogens is 2. The minimum absolute atomic E-state index is 0.0552. The van der Waals surface area contributed by atoms with Crippen LogP contribution in [0, 0.1) is 10.1 Å². The minimum atomic E-state index is -1.17. The van der Waals surface area contributed by atoms with Crippen molar-refractivity contribution >= 4 is 34.0 Å². The second-order valence-corrected chi connectivity index (χ2v) is 6.13. The van der Waals surface area contributed by atoms with Gasteiger partial charge >= 0.3 is 5.97 Å². The fourth-order valence-electron chi connectivity index (χ4n) is 1.96. The SMILES string of the molecule is CC(C)c1sc(NC(=O)c2cc([N+](=O)[O-])cn2C)nc1C(=O)O. The first-order chi connectivity index (χ1) is 10.7. The van der Waals surface area contributed by atoms with E-state index in [4.69, 9.17) is 5.11 Å². The van der Waals surface area contributed by atoms with Crippen molar-refractivity contribution in [2.75, 3.05) is 5.32 Å². The molecule has 2 heterocycles. The number of nitrogens with one attached hydrogen (secondary N) is 1. The predicted octanol–water partition coefficient (Wildman–Crippen LogP) is 2.46. The third kappa shape index (κ3) is 3.37. The molecule has 10 heteroatoms. The van der Waals surface area contributed by atoms with E-state index in [0.29, 0.717) is 4.88 Å². The molecule has 0 fully saturated rings. The number of nitro groups is 1. The smallest absolute Gasteiger partial charge is 0.355 e. The van der Waals surface area contributed by atoms with Gasteiger partial charge in [-0.25, -0.2) is 9.78 Å². The highest BCUT2D eigenvalue weighted by molar-refractivity contribution is 7.16. The van der Waals surface area contributed by atoms with Crippen LogP contribution >= 0.6 is 11.3 Å². The van der Waals surface area contributed by atoms with Gasteiger partial charge in [0.2, 0.25) is 0 Å². The molecule has 2 N–H and O–H groups in total. The zero-order valence-corrected chi connectivity index (χ0v) is 13.4. The molecule has 0 saturated carbocycles. The number of amides is 1. The molecule has 0 atom stereocenters. The lowest BCUT2D eigenvalue weighted by Gasteiger charge is -2.02. The van der Waals surface area contributed by atoms with Crippen LogP contribution in [-0.4, -0.2) is 31.5 Å². The van der Waals surface area contributed by atoms with Crippen molar-refractivity contribution in [2.24, 2.45) is 7.05 Å². The number of aryl methyl sites for hydroxylation is 1. The molecular formula is C13H14N4O5S. The highest BCUT2D eigenvalue weighted by atomic mass is 32.1. The Hall–Kier alpha value is -2.75. The van der Waals surface area contributed by atoms with E-state index in [1.54, 1.807) is 0 Å². The zero-order chi connectivity index (χ0) is 17.3. The molecule has 0 aliphatic rings. The third-order valence-corrected chi connectivity index (χ3v) is 4.31. The van der Waals surface area contributed by atoms with Gasteiger partial charge in [-0.2, -0.15) is 0 Å². The standard InChI is InChI=1S/C13H14N4O5S/c1-6(2)10-9(12(19)20)14-13(23-10)15-11(18)8-4-7(17(21)22)5-16(8)3/h4-6H,1-3H3,(H,19,20)(H,14,15,18). The van der Waals surface area contributed by atoms with Crippen molar-refractivity contribution in [1.82, 2.24) is 9.55 Å². The van der Waals surface area contributed by atoms with Gasteiger partial charge < -0.3 is 9.67 Å². The Balaban J connectivity index is 2.29. The van der Waals surface area contributed by atoms with Crippen molar-refractivity contribution < 1.29 is 19.6 Å². The van der Waals surface area contributed by atoms with Crippen molar-refractivity contribution in [3.63, 3.8) is 0 Å². The number of anilines is 1. The molecule has 0 saturated heterocycles. The van der Waals surface area contributed by atoms with Crippen LogP contribution in [0.15, 0.2) is 12.3 Å². The fraction of sp³-hybridized carbons (Fsp3) is 0.308. The monoisotopic (exact) mass is 338 g/mol. The molecule has 0 unspecified atom stereocenters. The summed E-state index contributed by atoms with van der Waals surface area (Å²) in [4.78, 5) is 38.0. The van der Waals surface area contributed by atoms with E-state index in [0.717, 1.165) is 17.4 Å². The van der Waals surface area contributed by atoms with E-state index in [2.05, 4.69) is 10.3 Å². The lowest BCUT2D eigenvalue weighted by Crippen LogP contribution is -2.15. The summed E-state index contributed by atoms with van der Waals surface area (Å²) in [7, 11) is 1.51. The molecule has 122 valence electrons. The third-order valence-electron chi connectivity index (χ3n) is 3.03. The summed E-state index contributed by atoms with van der Waals surface area (Å²) < 4.78 is 1.32. The lowest BCUT2D eigenvalue weighted by molar-refractivity contribution is -0.384. The van der Waals surface area contributed by atoms with E-state index in [9.17, 15) is 19.7 Å². The summed E-state index contributed by atoms with van der Waals surface area (Å²) in [5.41, 5.74) is -0.223. The first kappa shape index (κ1) is 16.6. The van der Waals surface area contributed by atoms with Gasteiger partial charge in [0.15, 0.2) is 10.8 Å². The summed E-state index contributed by atoms with van der Waals surface area (Å²) in [5, 5.41) is 22.5. The van der Waals surface area contributed by atoms with Gasteiger partial charge in [-0.3, -0.25) is 20.2 Å². The maximum Gasteiger partial charge on any atom is 0.355 e. The molecule has 0 aliphatic carbocycles. The van der Waals surface area contributed by atoms with Gasteiger partial charge in [-0.15, -0.1) is 11.3 Å². The fourth-order valence-corrected chi connectivity index (χ4v) is 2.92. The van der Waals surface area contributed by atoms with Crippen molar-refractivity contribution in [3.05, 3.63) is 38.6 Å².